The van der Waals surface area contributed by atoms with Crippen molar-refractivity contribution in [2.45, 2.75) is 13.8 Å². The van der Waals surface area contributed by atoms with E-state index in [1.807, 2.05) is 31.1 Å². The first-order valence-corrected chi connectivity index (χ1v) is 7.25. The van der Waals surface area contributed by atoms with E-state index in [0.717, 1.165) is 5.69 Å². The maximum Gasteiger partial charge on any atom is 0.348 e. The molecule has 1 amide bonds. The van der Waals surface area contributed by atoms with Crippen LogP contribution in [0.1, 0.15) is 28.6 Å². The monoisotopic (exact) mass is 329 g/mol. The van der Waals surface area contributed by atoms with Gasteiger partial charge in [0.15, 0.2) is 0 Å². The number of carbonyl (C=O) groups is 1. The average molecular weight is 329 g/mol. The number of hydrogen-bond acceptors (Lipinski definition) is 6. The minimum Gasteiger partial charge on any atom is -0.507 e. The van der Waals surface area contributed by atoms with Crippen molar-refractivity contribution in [1.82, 2.24) is 5.43 Å². The van der Waals surface area contributed by atoms with Crippen LogP contribution in [0.15, 0.2) is 44.6 Å². The molecule has 1 heterocycles. The molecule has 2 rings (SSSR count). The zero-order valence-corrected chi connectivity index (χ0v) is 14.0. The molecular weight excluding hydrogens is 310 g/mol. The largest absolute Gasteiger partial charge is 0.507 e. The Balaban J connectivity index is 2.18. The lowest BCUT2D eigenvalue weighted by Gasteiger charge is -2.12. The van der Waals surface area contributed by atoms with E-state index in [2.05, 4.69) is 10.5 Å². The van der Waals surface area contributed by atoms with Gasteiger partial charge in [-0.25, -0.2) is 10.2 Å². The first-order chi connectivity index (χ1) is 11.3. The number of hydrazone groups is 1. The Bertz CT molecular complexity index is 836. The molecule has 0 aliphatic rings. The molecule has 0 unspecified atom stereocenters. The van der Waals surface area contributed by atoms with E-state index < -0.39 is 11.5 Å². The predicted octanol–water partition coefficient (Wildman–Crippen LogP) is 1.87. The zero-order valence-electron chi connectivity index (χ0n) is 14.0. The number of hydrogen-bond donors (Lipinski definition) is 2. The summed E-state index contributed by atoms with van der Waals surface area (Å²) in [4.78, 5) is 25.8. The molecule has 2 N–H and O–H groups in total. The molecule has 1 aromatic heterocycles. The van der Waals surface area contributed by atoms with E-state index in [4.69, 9.17) is 4.42 Å². The van der Waals surface area contributed by atoms with Gasteiger partial charge in [-0.05, 0) is 38.1 Å². The molecule has 0 bridgehead atoms. The number of benzene rings is 1. The summed E-state index contributed by atoms with van der Waals surface area (Å²) in [6.45, 7) is 3.05. The van der Waals surface area contributed by atoms with Crippen molar-refractivity contribution in [3.8, 4) is 5.75 Å². The molecular formula is C17H19N3O4. The van der Waals surface area contributed by atoms with E-state index >= 15 is 0 Å². The summed E-state index contributed by atoms with van der Waals surface area (Å²) in [5, 5.41) is 13.7. The highest BCUT2D eigenvalue weighted by Crippen LogP contribution is 2.15. The van der Waals surface area contributed by atoms with E-state index in [1.165, 1.54) is 13.0 Å². The molecule has 0 fully saturated rings. The summed E-state index contributed by atoms with van der Waals surface area (Å²) in [5.74, 6) is -0.371. The summed E-state index contributed by atoms with van der Waals surface area (Å²) in [7, 11) is 3.81. The number of nitrogens with one attached hydrogen (secondary N) is 1. The van der Waals surface area contributed by atoms with Gasteiger partial charge in [-0.2, -0.15) is 5.10 Å². The summed E-state index contributed by atoms with van der Waals surface area (Å²) < 4.78 is 4.92. The molecule has 0 saturated carbocycles. The topological polar surface area (TPSA) is 95.1 Å². The Kier molecular flexibility index (Phi) is 5.03. The van der Waals surface area contributed by atoms with Crippen LogP contribution >= 0.6 is 0 Å². The van der Waals surface area contributed by atoms with Crippen molar-refractivity contribution in [1.29, 1.82) is 0 Å². The lowest BCUT2D eigenvalue weighted by Crippen LogP contribution is -2.21. The second kappa shape index (κ2) is 6.99. The van der Waals surface area contributed by atoms with Gasteiger partial charge in [0.25, 0.3) is 5.91 Å². The van der Waals surface area contributed by atoms with Gasteiger partial charge in [0.2, 0.25) is 0 Å². The smallest absolute Gasteiger partial charge is 0.348 e. The number of rotatable bonds is 4. The van der Waals surface area contributed by atoms with E-state index in [0.29, 0.717) is 11.3 Å². The van der Waals surface area contributed by atoms with Gasteiger partial charge in [0.05, 0.1) is 5.71 Å². The number of aromatic hydroxyl groups is 1. The minimum atomic E-state index is -0.710. The first-order valence-electron chi connectivity index (χ1n) is 7.25. The third-order valence-corrected chi connectivity index (χ3v) is 3.39. The van der Waals surface area contributed by atoms with Crippen LogP contribution in [-0.2, 0) is 0 Å². The van der Waals surface area contributed by atoms with Crippen LogP contribution < -0.4 is 16.0 Å². The highest BCUT2D eigenvalue weighted by Gasteiger charge is 2.13. The molecule has 0 aliphatic heterocycles. The Morgan fingerprint density at radius 3 is 2.42 bits per heavy atom. The molecule has 126 valence electrons. The number of aryl methyl sites for hydroxylation is 1. The SMILES string of the molecule is C/C(=N\NC(=O)c1ccc(N(C)C)cc1)c1c(O)cc(C)oc1=O. The average Bonchev–Trinajstić information content (AvgIpc) is 2.51. The van der Waals surface area contributed by atoms with Crippen LogP contribution in [0.5, 0.6) is 5.75 Å². The Morgan fingerprint density at radius 2 is 1.88 bits per heavy atom. The second-order valence-electron chi connectivity index (χ2n) is 5.48. The number of amides is 1. The van der Waals surface area contributed by atoms with Gasteiger partial charge in [-0.15, -0.1) is 0 Å². The highest BCUT2D eigenvalue weighted by molar-refractivity contribution is 6.02. The standard InChI is InChI=1S/C17H19N3O4/c1-10-9-14(21)15(17(23)24-10)11(2)18-19-16(22)12-5-7-13(8-6-12)20(3)4/h5-9,21H,1-4H3,(H,19,22)/b18-11+. The third-order valence-electron chi connectivity index (χ3n) is 3.39. The van der Waals surface area contributed by atoms with Crippen LogP contribution in [0, 0.1) is 6.92 Å². The molecule has 0 radical (unpaired) electrons. The summed E-state index contributed by atoms with van der Waals surface area (Å²) in [5.41, 5.74) is 3.12. The lowest BCUT2D eigenvalue weighted by molar-refractivity contribution is 0.0955. The van der Waals surface area contributed by atoms with Crippen LogP contribution in [0.4, 0.5) is 5.69 Å². The Hall–Kier alpha value is -3.09. The van der Waals surface area contributed by atoms with Gasteiger partial charge < -0.3 is 14.4 Å². The van der Waals surface area contributed by atoms with Gasteiger partial charge in [-0.1, -0.05) is 0 Å². The first kappa shape index (κ1) is 17.3. The van der Waals surface area contributed by atoms with Gasteiger partial charge in [0.1, 0.15) is 17.1 Å². The van der Waals surface area contributed by atoms with Crippen LogP contribution in [0.3, 0.4) is 0 Å². The Labute approximate surface area is 139 Å². The van der Waals surface area contributed by atoms with Crippen molar-refractivity contribution in [3.63, 3.8) is 0 Å². The van der Waals surface area contributed by atoms with E-state index in [1.54, 1.807) is 19.1 Å². The second-order valence-corrected chi connectivity index (χ2v) is 5.48. The van der Waals surface area contributed by atoms with Crippen molar-refractivity contribution in [2.75, 3.05) is 19.0 Å². The number of carbonyl (C=O) groups excluding carboxylic acids is 1. The van der Waals surface area contributed by atoms with Crippen molar-refractivity contribution >= 4 is 17.3 Å². The van der Waals surface area contributed by atoms with Gasteiger partial charge in [0, 0.05) is 31.4 Å². The molecule has 24 heavy (non-hydrogen) atoms. The van der Waals surface area contributed by atoms with Crippen LogP contribution in [-0.4, -0.2) is 30.8 Å². The quantitative estimate of drug-likeness (QED) is 0.659. The fourth-order valence-electron chi connectivity index (χ4n) is 2.10. The summed E-state index contributed by atoms with van der Waals surface area (Å²) in [6, 6.07) is 8.29. The van der Waals surface area contributed by atoms with Crippen molar-refractivity contribution in [2.24, 2.45) is 5.10 Å². The number of nitrogens with zero attached hydrogens (tertiary/aromatic N) is 2. The molecule has 2 aromatic rings. The molecule has 0 saturated heterocycles. The van der Waals surface area contributed by atoms with E-state index in [9.17, 15) is 14.7 Å². The maximum absolute atomic E-state index is 12.1. The molecule has 0 spiro atoms. The minimum absolute atomic E-state index is 0.0798. The van der Waals surface area contributed by atoms with Gasteiger partial charge in [-0.3, -0.25) is 4.79 Å². The maximum atomic E-state index is 12.1. The van der Waals surface area contributed by atoms with Crippen molar-refractivity contribution < 1.29 is 14.3 Å². The highest BCUT2D eigenvalue weighted by atomic mass is 16.4. The summed E-state index contributed by atoms with van der Waals surface area (Å²) in [6.07, 6.45) is 0. The fourth-order valence-corrected chi connectivity index (χ4v) is 2.10. The molecule has 7 nitrogen and oxygen atoms in total. The predicted molar refractivity (Wildman–Crippen MR) is 91.8 cm³/mol. The zero-order chi connectivity index (χ0) is 17.9. The normalized spacial score (nSPS) is 11.2. The summed E-state index contributed by atoms with van der Waals surface area (Å²) >= 11 is 0. The van der Waals surface area contributed by atoms with Crippen LogP contribution in [0.25, 0.3) is 0 Å². The molecule has 0 atom stereocenters. The third kappa shape index (κ3) is 3.81. The fraction of sp³-hybridized carbons (Fsp3) is 0.235. The lowest BCUT2D eigenvalue weighted by atomic mass is 10.2. The van der Waals surface area contributed by atoms with Crippen molar-refractivity contribution in [3.05, 3.63) is 57.6 Å². The number of anilines is 1. The van der Waals surface area contributed by atoms with Crippen LogP contribution in [0.2, 0.25) is 0 Å². The molecule has 7 heteroatoms. The molecule has 0 aliphatic carbocycles. The van der Waals surface area contributed by atoms with Gasteiger partial charge >= 0.3 is 5.63 Å². The molecule has 1 aromatic carbocycles. The Morgan fingerprint density at radius 1 is 1.25 bits per heavy atom. The van der Waals surface area contributed by atoms with E-state index in [-0.39, 0.29) is 17.0 Å².